The third kappa shape index (κ3) is 5.49. The molecule has 0 radical (unpaired) electrons. The van der Waals surface area contributed by atoms with Crippen LogP contribution in [-0.2, 0) is 4.79 Å². The van der Waals surface area contributed by atoms with Gasteiger partial charge < -0.3 is 11.1 Å². The van der Waals surface area contributed by atoms with E-state index >= 15 is 0 Å². The lowest BCUT2D eigenvalue weighted by atomic mass is 10.1. The van der Waals surface area contributed by atoms with E-state index in [1.165, 1.54) is 25.7 Å². The van der Waals surface area contributed by atoms with Gasteiger partial charge in [-0.05, 0) is 32.1 Å². The van der Waals surface area contributed by atoms with E-state index in [0.29, 0.717) is 18.5 Å². The summed E-state index contributed by atoms with van der Waals surface area (Å²) in [4.78, 5) is 14.5. The molecule has 1 amide bonds. The molecule has 0 saturated heterocycles. The predicted molar refractivity (Wildman–Crippen MR) is 79.9 cm³/mol. The van der Waals surface area contributed by atoms with Gasteiger partial charge in [0.25, 0.3) is 0 Å². The molecule has 1 atom stereocenters. The van der Waals surface area contributed by atoms with Crippen LogP contribution >= 0.6 is 0 Å². The lowest BCUT2D eigenvalue weighted by molar-refractivity contribution is -0.126. The summed E-state index contributed by atoms with van der Waals surface area (Å²) in [6.07, 6.45) is 6.03. The minimum absolute atomic E-state index is 0.0567. The van der Waals surface area contributed by atoms with Crippen molar-refractivity contribution in [3.8, 4) is 0 Å². The van der Waals surface area contributed by atoms with Crippen LogP contribution in [0.4, 0.5) is 0 Å². The summed E-state index contributed by atoms with van der Waals surface area (Å²) >= 11 is 0. The van der Waals surface area contributed by atoms with Crippen molar-refractivity contribution in [1.29, 1.82) is 0 Å². The number of nitrogens with zero attached hydrogens (tertiary/aromatic N) is 1. The van der Waals surface area contributed by atoms with E-state index in [0.717, 1.165) is 19.5 Å². The van der Waals surface area contributed by atoms with Crippen molar-refractivity contribution in [3.05, 3.63) is 0 Å². The number of rotatable bonds is 8. The second kappa shape index (κ2) is 8.54. The molecule has 1 aliphatic carbocycles. The molecular formula is C15H31N3O. The fourth-order valence-corrected chi connectivity index (χ4v) is 2.86. The van der Waals surface area contributed by atoms with Crippen molar-refractivity contribution in [2.45, 2.75) is 65.0 Å². The first-order valence-electron chi connectivity index (χ1n) is 7.79. The summed E-state index contributed by atoms with van der Waals surface area (Å²) in [5, 5.41) is 3.05. The average Bonchev–Trinajstić information content (AvgIpc) is 2.88. The minimum Gasteiger partial charge on any atom is -0.355 e. The Balaban J connectivity index is 2.45. The summed E-state index contributed by atoms with van der Waals surface area (Å²) in [6, 6.07) is 0.494. The van der Waals surface area contributed by atoms with E-state index < -0.39 is 0 Å². The highest BCUT2D eigenvalue weighted by atomic mass is 16.2. The van der Waals surface area contributed by atoms with Gasteiger partial charge in [-0.15, -0.1) is 0 Å². The highest BCUT2D eigenvalue weighted by molar-refractivity contribution is 5.81. The lowest BCUT2D eigenvalue weighted by Crippen LogP contribution is -2.50. The highest BCUT2D eigenvalue weighted by Crippen LogP contribution is 2.24. The van der Waals surface area contributed by atoms with Crippen LogP contribution in [0.25, 0.3) is 0 Å². The van der Waals surface area contributed by atoms with Crippen molar-refractivity contribution in [2.24, 2.45) is 11.7 Å². The molecule has 4 heteroatoms. The molecule has 1 saturated carbocycles. The zero-order valence-corrected chi connectivity index (χ0v) is 12.8. The summed E-state index contributed by atoms with van der Waals surface area (Å²) in [5.41, 5.74) is 5.70. The van der Waals surface area contributed by atoms with Gasteiger partial charge in [-0.25, -0.2) is 0 Å². The normalized spacial score (nSPS) is 18.2. The van der Waals surface area contributed by atoms with Crippen molar-refractivity contribution in [3.63, 3.8) is 0 Å². The number of amides is 1. The first-order valence-corrected chi connectivity index (χ1v) is 7.79. The Morgan fingerprint density at radius 3 is 2.47 bits per heavy atom. The third-order valence-electron chi connectivity index (χ3n) is 4.08. The average molecular weight is 269 g/mol. The first kappa shape index (κ1) is 16.4. The molecule has 1 fully saturated rings. The van der Waals surface area contributed by atoms with Crippen molar-refractivity contribution in [1.82, 2.24) is 10.2 Å². The highest BCUT2D eigenvalue weighted by Gasteiger charge is 2.29. The van der Waals surface area contributed by atoms with Crippen LogP contribution in [0.2, 0.25) is 0 Å². The Morgan fingerprint density at radius 1 is 1.32 bits per heavy atom. The van der Waals surface area contributed by atoms with Crippen LogP contribution in [0.15, 0.2) is 0 Å². The SMILES string of the molecule is CC(C)CCNC(=O)C(C)N(CCN)C1CCCC1. The van der Waals surface area contributed by atoms with Crippen LogP contribution in [0.3, 0.4) is 0 Å². The van der Waals surface area contributed by atoms with Gasteiger partial charge in [-0.1, -0.05) is 26.7 Å². The van der Waals surface area contributed by atoms with Gasteiger partial charge in [0.2, 0.25) is 5.91 Å². The molecule has 112 valence electrons. The number of nitrogens with one attached hydrogen (secondary N) is 1. The molecular weight excluding hydrogens is 238 g/mol. The Kier molecular flexibility index (Phi) is 7.39. The molecule has 0 aliphatic heterocycles. The van der Waals surface area contributed by atoms with Crippen LogP contribution in [0.1, 0.15) is 52.9 Å². The molecule has 0 heterocycles. The standard InChI is InChI=1S/C15H31N3O/c1-12(2)8-10-17-15(19)13(3)18(11-9-16)14-6-4-5-7-14/h12-14H,4-11,16H2,1-3H3,(H,17,19). The molecule has 0 bridgehead atoms. The quantitative estimate of drug-likeness (QED) is 0.705. The number of nitrogens with two attached hydrogens (primary N) is 1. The Labute approximate surface area is 118 Å². The topological polar surface area (TPSA) is 58.4 Å². The van der Waals surface area contributed by atoms with Crippen LogP contribution < -0.4 is 11.1 Å². The van der Waals surface area contributed by atoms with Gasteiger partial charge in [0.1, 0.15) is 0 Å². The molecule has 0 aromatic carbocycles. The molecule has 0 aromatic heterocycles. The van der Waals surface area contributed by atoms with Crippen molar-refractivity contribution in [2.75, 3.05) is 19.6 Å². The molecule has 1 unspecified atom stereocenters. The molecule has 4 nitrogen and oxygen atoms in total. The van der Waals surface area contributed by atoms with Crippen LogP contribution in [0.5, 0.6) is 0 Å². The number of hydrogen-bond donors (Lipinski definition) is 2. The first-order chi connectivity index (χ1) is 9.06. The van der Waals surface area contributed by atoms with E-state index in [4.69, 9.17) is 5.73 Å². The minimum atomic E-state index is -0.0567. The zero-order valence-electron chi connectivity index (χ0n) is 12.8. The second-order valence-corrected chi connectivity index (χ2v) is 6.11. The number of hydrogen-bond acceptors (Lipinski definition) is 3. The summed E-state index contributed by atoms with van der Waals surface area (Å²) in [7, 11) is 0. The maximum Gasteiger partial charge on any atom is 0.237 e. The fourth-order valence-electron chi connectivity index (χ4n) is 2.86. The molecule has 1 aliphatic rings. The predicted octanol–water partition coefficient (Wildman–Crippen LogP) is 1.74. The number of carbonyl (C=O) groups is 1. The largest absolute Gasteiger partial charge is 0.355 e. The summed E-state index contributed by atoms with van der Waals surface area (Å²) in [6.45, 7) is 8.59. The molecule has 1 rings (SSSR count). The van der Waals surface area contributed by atoms with Crippen molar-refractivity contribution < 1.29 is 4.79 Å². The van der Waals surface area contributed by atoms with E-state index in [9.17, 15) is 4.79 Å². The maximum atomic E-state index is 12.2. The molecule has 19 heavy (non-hydrogen) atoms. The van der Waals surface area contributed by atoms with Gasteiger partial charge in [0, 0.05) is 25.7 Å². The van der Waals surface area contributed by atoms with Gasteiger partial charge >= 0.3 is 0 Å². The molecule has 0 aromatic rings. The third-order valence-corrected chi connectivity index (χ3v) is 4.08. The van der Waals surface area contributed by atoms with Crippen molar-refractivity contribution >= 4 is 5.91 Å². The second-order valence-electron chi connectivity index (χ2n) is 6.11. The van der Waals surface area contributed by atoms with E-state index in [-0.39, 0.29) is 11.9 Å². The monoisotopic (exact) mass is 269 g/mol. The lowest BCUT2D eigenvalue weighted by Gasteiger charge is -2.33. The van der Waals surface area contributed by atoms with Gasteiger partial charge in [0.05, 0.1) is 6.04 Å². The van der Waals surface area contributed by atoms with Gasteiger partial charge in [-0.2, -0.15) is 0 Å². The van der Waals surface area contributed by atoms with E-state index in [1.54, 1.807) is 0 Å². The molecule has 3 N–H and O–H groups in total. The van der Waals surface area contributed by atoms with E-state index in [2.05, 4.69) is 24.1 Å². The smallest absolute Gasteiger partial charge is 0.237 e. The zero-order chi connectivity index (χ0) is 14.3. The van der Waals surface area contributed by atoms with Crippen LogP contribution in [0, 0.1) is 5.92 Å². The Bertz CT molecular complexity index is 262. The fraction of sp³-hybridized carbons (Fsp3) is 0.933. The number of carbonyl (C=O) groups excluding carboxylic acids is 1. The summed E-state index contributed by atoms with van der Waals surface area (Å²) in [5.74, 6) is 0.784. The Hall–Kier alpha value is -0.610. The van der Waals surface area contributed by atoms with E-state index in [1.807, 2.05) is 6.92 Å². The van der Waals surface area contributed by atoms with Crippen LogP contribution in [-0.4, -0.2) is 42.5 Å². The maximum absolute atomic E-state index is 12.2. The molecule has 0 spiro atoms. The van der Waals surface area contributed by atoms with Gasteiger partial charge in [-0.3, -0.25) is 9.69 Å². The Morgan fingerprint density at radius 2 is 1.95 bits per heavy atom. The van der Waals surface area contributed by atoms with Gasteiger partial charge in [0.15, 0.2) is 0 Å². The summed E-state index contributed by atoms with van der Waals surface area (Å²) < 4.78 is 0.